The van der Waals surface area contributed by atoms with Crippen molar-refractivity contribution in [3.05, 3.63) is 51.1 Å². The van der Waals surface area contributed by atoms with Gasteiger partial charge in [-0.05, 0) is 53.9 Å². The predicted octanol–water partition coefficient (Wildman–Crippen LogP) is 2.38. The van der Waals surface area contributed by atoms with Crippen molar-refractivity contribution >= 4 is 61.9 Å². The molecule has 146 valence electrons. The SMILES string of the molecule is Cc1ccc(NC(=O)CN2C(=O)S/C(=C\c3cccs3)C2=O)cc1S(N)(=O)=O. The van der Waals surface area contributed by atoms with E-state index in [1.807, 2.05) is 17.5 Å². The van der Waals surface area contributed by atoms with Crippen LogP contribution in [0.1, 0.15) is 10.4 Å². The first-order chi connectivity index (χ1) is 13.1. The number of imide groups is 1. The molecule has 0 atom stereocenters. The Balaban J connectivity index is 1.72. The lowest BCUT2D eigenvalue weighted by molar-refractivity contribution is -0.127. The average Bonchev–Trinajstić information content (AvgIpc) is 3.20. The lowest BCUT2D eigenvalue weighted by Crippen LogP contribution is -2.36. The van der Waals surface area contributed by atoms with Crippen molar-refractivity contribution in [1.82, 2.24) is 4.90 Å². The minimum atomic E-state index is -3.94. The number of amides is 3. The summed E-state index contributed by atoms with van der Waals surface area (Å²) in [5.41, 5.74) is 0.630. The Morgan fingerprint density at radius 1 is 1.29 bits per heavy atom. The third-order valence-corrected chi connectivity index (χ3v) is 6.55. The Kier molecular flexibility index (Phi) is 5.70. The topological polar surface area (TPSA) is 127 Å². The number of hydrogen-bond donors (Lipinski definition) is 2. The molecule has 0 radical (unpaired) electrons. The van der Waals surface area contributed by atoms with E-state index in [0.717, 1.165) is 21.5 Å². The molecule has 1 aromatic carbocycles. The van der Waals surface area contributed by atoms with E-state index in [1.165, 1.54) is 29.5 Å². The van der Waals surface area contributed by atoms with Gasteiger partial charge in [0.2, 0.25) is 15.9 Å². The first kappa shape index (κ1) is 20.3. The van der Waals surface area contributed by atoms with Crippen LogP contribution in [0.3, 0.4) is 0 Å². The number of hydrogen-bond acceptors (Lipinski definition) is 7. The number of thiophene rings is 1. The zero-order valence-electron chi connectivity index (χ0n) is 14.5. The van der Waals surface area contributed by atoms with E-state index in [-0.39, 0.29) is 15.5 Å². The molecule has 0 spiro atoms. The normalized spacial score (nSPS) is 16.1. The van der Waals surface area contributed by atoms with Crippen LogP contribution in [0.5, 0.6) is 0 Å². The molecule has 28 heavy (non-hydrogen) atoms. The van der Waals surface area contributed by atoms with Crippen LogP contribution in [-0.4, -0.2) is 36.9 Å². The Bertz CT molecular complexity index is 1090. The molecule has 0 saturated carbocycles. The maximum Gasteiger partial charge on any atom is 0.294 e. The predicted molar refractivity (Wildman–Crippen MR) is 108 cm³/mol. The summed E-state index contributed by atoms with van der Waals surface area (Å²) >= 11 is 2.19. The Morgan fingerprint density at radius 2 is 2.04 bits per heavy atom. The Morgan fingerprint density at radius 3 is 2.68 bits per heavy atom. The number of carbonyl (C=O) groups excluding carboxylic acids is 3. The number of nitrogens with two attached hydrogens (primary N) is 1. The maximum absolute atomic E-state index is 12.4. The van der Waals surface area contributed by atoms with Gasteiger partial charge in [-0.2, -0.15) is 0 Å². The molecule has 1 aliphatic heterocycles. The first-order valence-electron chi connectivity index (χ1n) is 7.87. The number of aryl methyl sites for hydroxylation is 1. The minimum Gasteiger partial charge on any atom is -0.324 e. The maximum atomic E-state index is 12.4. The zero-order valence-corrected chi connectivity index (χ0v) is 17.0. The minimum absolute atomic E-state index is 0.115. The van der Waals surface area contributed by atoms with Crippen molar-refractivity contribution in [2.45, 2.75) is 11.8 Å². The quantitative estimate of drug-likeness (QED) is 0.692. The summed E-state index contributed by atoms with van der Waals surface area (Å²) in [4.78, 5) is 38.6. The van der Waals surface area contributed by atoms with E-state index in [1.54, 1.807) is 13.0 Å². The van der Waals surface area contributed by atoms with Crippen molar-refractivity contribution in [3.63, 3.8) is 0 Å². The van der Waals surface area contributed by atoms with Crippen molar-refractivity contribution in [2.24, 2.45) is 5.14 Å². The standard InChI is InChI=1S/C17H15N3O5S3/c1-10-4-5-11(7-14(10)28(18,24)25)19-15(21)9-20-16(22)13(27-17(20)23)8-12-3-2-6-26-12/h2-8H,9H2,1H3,(H,19,21)(H2,18,24,25)/b13-8-. The number of anilines is 1. The number of benzene rings is 1. The number of carbonyl (C=O) groups is 3. The van der Waals surface area contributed by atoms with Gasteiger partial charge in [-0.15, -0.1) is 11.3 Å². The van der Waals surface area contributed by atoms with Crippen LogP contribution in [0.15, 0.2) is 45.5 Å². The van der Waals surface area contributed by atoms with Crippen LogP contribution in [0.2, 0.25) is 0 Å². The van der Waals surface area contributed by atoms with Crippen LogP contribution in [0, 0.1) is 6.92 Å². The number of nitrogens with one attached hydrogen (secondary N) is 1. The second-order valence-electron chi connectivity index (χ2n) is 5.86. The fourth-order valence-corrected chi connectivity index (χ4v) is 4.84. The highest BCUT2D eigenvalue weighted by molar-refractivity contribution is 8.18. The number of thioether (sulfide) groups is 1. The van der Waals surface area contributed by atoms with Gasteiger partial charge in [0.25, 0.3) is 11.1 Å². The zero-order chi connectivity index (χ0) is 20.5. The molecule has 3 rings (SSSR count). The van der Waals surface area contributed by atoms with Crippen molar-refractivity contribution < 1.29 is 22.8 Å². The molecule has 8 nitrogen and oxygen atoms in total. The van der Waals surface area contributed by atoms with E-state index in [0.29, 0.717) is 5.56 Å². The molecule has 3 amide bonds. The molecular formula is C17H15N3O5S3. The van der Waals surface area contributed by atoms with Crippen molar-refractivity contribution in [1.29, 1.82) is 0 Å². The van der Waals surface area contributed by atoms with Crippen LogP contribution in [0.4, 0.5) is 10.5 Å². The van der Waals surface area contributed by atoms with E-state index >= 15 is 0 Å². The smallest absolute Gasteiger partial charge is 0.294 e. The molecule has 0 unspecified atom stereocenters. The van der Waals surface area contributed by atoms with Crippen molar-refractivity contribution in [2.75, 3.05) is 11.9 Å². The third kappa shape index (κ3) is 4.50. The van der Waals surface area contributed by atoms with Gasteiger partial charge in [0.15, 0.2) is 0 Å². The molecule has 1 aromatic heterocycles. The molecule has 3 N–H and O–H groups in total. The number of nitrogens with zero attached hydrogens (tertiary/aromatic N) is 1. The highest BCUT2D eigenvalue weighted by atomic mass is 32.2. The Hall–Kier alpha value is -2.47. The summed E-state index contributed by atoms with van der Waals surface area (Å²) < 4.78 is 23.2. The van der Waals surface area contributed by atoms with Crippen molar-refractivity contribution in [3.8, 4) is 0 Å². The highest BCUT2D eigenvalue weighted by Gasteiger charge is 2.36. The summed E-state index contributed by atoms with van der Waals surface area (Å²) in [6.07, 6.45) is 1.60. The molecule has 1 aliphatic rings. The fraction of sp³-hybridized carbons (Fsp3) is 0.118. The monoisotopic (exact) mass is 437 g/mol. The van der Waals surface area contributed by atoms with Crippen LogP contribution < -0.4 is 10.5 Å². The van der Waals surface area contributed by atoms with Gasteiger partial charge in [-0.25, -0.2) is 13.6 Å². The summed E-state index contributed by atoms with van der Waals surface area (Å²) in [6, 6.07) is 7.87. The number of sulfonamides is 1. The van der Waals surface area contributed by atoms with Gasteiger partial charge < -0.3 is 5.32 Å². The van der Waals surface area contributed by atoms with Crippen LogP contribution >= 0.6 is 23.1 Å². The van der Waals surface area contributed by atoms with E-state index in [4.69, 9.17) is 5.14 Å². The molecular weight excluding hydrogens is 422 g/mol. The van der Waals surface area contributed by atoms with Gasteiger partial charge in [-0.3, -0.25) is 19.3 Å². The van der Waals surface area contributed by atoms with E-state index in [2.05, 4.69) is 5.32 Å². The third-order valence-electron chi connectivity index (χ3n) is 3.77. The second kappa shape index (κ2) is 7.87. The Labute approximate surface area is 169 Å². The van der Waals surface area contributed by atoms with Crippen LogP contribution in [0.25, 0.3) is 6.08 Å². The van der Waals surface area contributed by atoms with Gasteiger partial charge in [0, 0.05) is 10.6 Å². The summed E-state index contributed by atoms with van der Waals surface area (Å²) in [6.45, 7) is 1.09. The molecule has 0 bridgehead atoms. The van der Waals surface area contributed by atoms with Crippen LogP contribution in [-0.2, 0) is 19.6 Å². The highest BCUT2D eigenvalue weighted by Crippen LogP contribution is 2.32. The molecule has 1 fully saturated rings. The van der Waals surface area contributed by atoms with E-state index in [9.17, 15) is 22.8 Å². The second-order valence-corrected chi connectivity index (χ2v) is 9.36. The van der Waals surface area contributed by atoms with Gasteiger partial charge in [-0.1, -0.05) is 12.1 Å². The first-order valence-corrected chi connectivity index (χ1v) is 11.1. The number of rotatable bonds is 5. The largest absolute Gasteiger partial charge is 0.324 e. The van der Waals surface area contributed by atoms with Gasteiger partial charge in [0.05, 0.1) is 9.80 Å². The number of primary sulfonamides is 1. The van der Waals surface area contributed by atoms with Gasteiger partial charge >= 0.3 is 0 Å². The summed E-state index contributed by atoms with van der Waals surface area (Å²) in [5, 5.41) is 8.93. The molecule has 2 heterocycles. The lowest BCUT2D eigenvalue weighted by Gasteiger charge is -2.13. The molecule has 2 aromatic rings. The summed E-state index contributed by atoms with van der Waals surface area (Å²) in [7, 11) is -3.94. The fourth-order valence-electron chi connectivity index (χ4n) is 2.47. The molecule has 0 aliphatic carbocycles. The lowest BCUT2D eigenvalue weighted by atomic mass is 10.2. The molecule has 11 heteroatoms. The van der Waals surface area contributed by atoms with Gasteiger partial charge in [0.1, 0.15) is 6.54 Å². The average molecular weight is 438 g/mol. The van der Waals surface area contributed by atoms with E-state index < -0.39 is 33.6 Å². The molecule has 1 saturated heterocycles. The summed E-state index contributed by atoms with van der Waals surface area (Å²) in [5.74, 6) is -1.18.